The number of ether oxygens (including phenoxy) is 2. The van der Waals surface area contributed by atoms with Crippen molar-refractivity contribution in [3.63, 3.8) is 0 Å². The minimum atomic E-state index is -4.68. The number of nitrogens with zero attached hydrogens (tertiary/aromatic N) is 2. The van der Waals surface area contributed by atoms with Gasteiger partial charge in [0.25, 0.3) is 0 Å². The van der Waals surface area contributed by atoms with Crippen molar-refractivity contribution in [3.8, 4) is 5.88 Å². The van der Waals surface area contributed by atoms with E-state index < -0.39 is 23.4 Å². The Bertz CT molecular complexity index is 657. The third-order valence-electron chi connectivity index (χ3n) is 2.68. The van der Waals surface area contributed by atoms with Crippen LogP contribution < -0.4 is 4.74 Å². The lowest BCUT2D eigenvalue weighted by atomic mass is 10.2. The number of aromatic nitrogens is 2. The number of alkyl halides is 3. The molecular formula is C14H11F3N2O3. The summed E-state index contributed by atoms with van der Waals surface area (Å²) in [6.45, 7) is -0.219. The Balaban J connectivity index is 2.09. The molecule has 116 valence electrons. The number of esters is 1. The summed E-state index contributed by atoms with van der Waals surface area (Å²) in [5.74, 6) is -0.775. The number of methoxy groups -OCH3 is 1. The van der Waals surface area contributed by atoms with Gasteiger partial charge in [0, 0.05) is 24.0 Å². The van der Waals surface area contributed by atoms with Gasteiger partial charge in [0.1, 0.15) is 6.61 Å². The largest absolute Gasteiger partial charge is 0.481 e. The molecule has 2 heterocycles. The van der Waals surface area contributed by atoms with E-state index in [-0.39, 0.29) is 6.61 Å². The van der Waals surface area contributed by atoms with Crippen LogP contribution >= 0.6 is 0 Å². The summed E-state index contributed by atoms with van der Waals surface area (Å²) in [7, 11) is 1.45. The minimum Gasteiger partial charge on any atom is -0.481 e. The molecule has 5 nitrogen and oxygen atoms in total. The van der Waals surface area contributed by atoms with Crippen LogP contribution in [0.25, 0.3) is 0 Å². The topological polar surface area (TPSA) is 61.3 Å². The molecule has 0 atom stereocenters. The molecule has 0 N–H and O–H groups in total. The molecule has 0 fully saturated rings. The van der Waals surface area contributed by atoms with E-state index in [0.29, 0.717) is 11.4 Å². The van der Waals surface area contributed by atoms with Crippen molar-refractivity contribution < 1.29 is 27.4 Å². The van der Waals surface area contributed by atoms with Crippen LogP contribution in [0, 0.1) is 0 Å². The van der Waals surface area contributed by atoms with Gasteiger partial charge in [-0.25, -0.2) is 14.8 Å². The maximum absolute atomic E-state index is 12.8. The van der Waals surface area contributed by atoms with Crippen LogP contribution in [0.4, 0.5) is 13.2 Å². The second-order valence-corrected chi connectivity index (χ2v) is 4.18. The van der Waals surface area contributed by atoms with Gasteiger partial charge in [-0.15, -0.1) is 0 Å². The number of hydrogen-bond donors (Lipinski definition) is 0. The van der Waals surface area contributed by atoms with Gasteiger partial charge in [-0.1, -0.05) is 0 Å². The van der Waals surface area contributed by atoms with E-state index in [2.05, 4.69) is 9.97 Å². The SMILES string of the molecule is COc1ccc(COC(=O)c2ncccc2C(F)(F)F)cn1. The van der Waals surface area contributed by atoms with Gasteiger partial charge in [-0.2, -0.15) is 13.2 Å². The van der Waals surface area contributed by atoms with Crippen LogP contribution in [0.5, 0.6) is 5.88 Å². The molecule has 0 saturated heterocycles. The first-order chi connectivity index (χ1) is 10.4. The first-order valence-corrected chi connectivity index (χ1v) is 6.10. The van der Waals surface area contributed by atoms with Crippen molar-refractivity contribution in [3.05, 3.63) is 53.5 Å². The molecule has 0 aliphatic carbocycles. The normalized spacial score (nSPS) is 11.1. The fraction of sp³-hybridized carbons (Fsp3) is 0.214. The second-order valence-electron chi connectivity index (χ2n) is 4.18. The second kappa shape index (κ2) is 6.42. The van der Waals surface area contributed by atoms with E-state index in [0.717, 1.165) is 18.3 Å². The summed E-state index contributed by atoms with van der Waals surface area (Å²) in [6.07, 6.45) is -2.18. The van der Waals surface area contributed by atoms with Gasteiger partial charge in [-0.3, -0.25) is 0 Å². The molecule has 0 saturated carbocycles. The smallest absolute Gasteiger partial charge is 0.418 e. The summed E-state index contributed by atoms with van der Waals surface area (Å²) in [6, 6.07) is 5.01. The molecule has 2 aromatic heterocycles. The molecule has 0 aliphatic heterocycles. The van der Waals surface area contributed by atoms with Crippen LogP contribution in [0.2, 0.25) is 0 Å². The van der Waals surface area contributed by atoms with Crippen LogP contribution in [0.3, 0.4) is 0 Å². The molecule has 0 bridgehead atoms. The van der Waals surface area contributed by atoms with Gasteiger partial charge in [0.15, 0.2) is 5.69 Å². The Labute approximate surface area is 123 Å². The average molecular weight is 312 g/mol. The Morgan fingerprint density at radius 3 is 2.59 bits per heavy atom. The van der Waals surface area contributed by atoms with Crippen molar-refractivity contribution in [1.29, 1.82) is 0 Å². The lowest BCUT2D eigenvalue weighted by Crippen LogP contribution is -2.16. The highest BCUT2D eigenvalue weighted by molar-refractivity contribution is 5.89. The standard InChI is InChI=1S/C14H11F3N2O3/c1-21-11-5-4-9(7-19-11)8-22-13(20)12-10(14(15,16)17)3-2-6-18-12/h2-7H,8H2,1H3. The molecule has 8 heteroatoms. The minimum absolute atomic E-state index is 0.219. The fourth-order valence-electron chi connectivity index (χ4n) is 1.63. The van der Waals surface area contributed by atoms with E-state index in [1.807, 2.05) is 0 Å². The Morgan fingerprint density at radius 2 is 2.00 bits per heavy atom. The number of pyridine rings is 2. The predicted octanol–water partition coefficient (Wildman–Crippen LogP) is 2.86. The van der Waals surface area contributed by atoms with E-state index in [9.17, 15) is 18.0 Å². The van der Waals surface area contributed by atoms with Crippen molar-refractivity contribution in [1.82, 2.24) is 9.97 Å². The van der Waals surface area contributed by atoms with E-state index in [1.54, 1.807) is 12.1 Å². The van der Waals surface area contributed by atoms with Crippen molar-refractivity contribution >= 4 is 5.97 Å². The maximum Gasteiger partial charge on any atom is 0.418 e. The molecular weight excluding hydrogens is 301 g/mol. The molecule has 0 spiro atoms. The Morgan fingerprint density at radius 1 is 1.23 bits per heavy atom. The molecule has 2 aromatic rings. The highest BCUT2D eigenvalue weighted by Gasteiger charge is 2.36. The Hall–Kier alpha value is -2.64. The Kier molecular flexibility index (Phi) is 4.59. The number of halogens is 3. The molecule has 0 aliphatic rings. The zero-order valence-electron chi connectivity index (χ0n) is 11.4. The predicted molar refractivity (Wildman–Crippen MR) is 69.1 cm³/mol. The number of hydrogen-bond acceptors (Lipinski definition) is 5. The molecule has 0 aromatic carbocycles. The van der Waals surface area contributed by atoms with Crippen LogP contribution in [0.1, 0.15) is 21.6 Å². The van der Waals surface area contributed by atoms with Gasteiger partial charge in [0.2, 0.25) is 5.88 Å². The summed E-state index contributed by atoms with van der Waals surface area (Å²) in [4.78, 5) is 19.1. The van der Waals surface area contributed by atoms with E-state index in [4.69, 9.17) is 9.47 Å². The lowest BCUT2D eigenvalue weighted by Gasteiger charge is -2.11. The van der Waals surface area contributed by atoms with Crippen LogP contribution in [-0.2, 0) is 17.5 Å². The number of rotatable bonds is 4. The highest BCUT2D eigenvalue weighted by Crippen LogP contribution is 2.31. The van der Waals surface area contributed by atoms with E-state index in [1.165, 1.54) is 13.3 Å². The third kappa shape index (κ3) is 3.72. The third-order valence-corrected chi connectivity index (χ3v) is 2.68. The monoisotopic (exact) mass is 312 g/mol. The van der Waals surface area contributed by atoms with Crippen LogP contribution in [-0.4, -0.2) is 23.0 Å². The lowest BCUT2D eigenvalue weighted by molar-refractivity contribution is -0.138. The molecule has 22 heavy (non-hydrogen) atoms. The summed E-state index contributed by atoms with van der Waals surface area (Å²) < 4.78 is 48.1. The fourth-order valence-corrected chi connectivity index (χ4v) is 1.63. The summed E-state index contributed by atoms with van der Waals surface area (Å²) in [5, 5.41) is 0. The summed E-state index contributed by atoms with van der Waals surface area (Å²) in [5.41, 5.74) is -1.39. The van der Waals surface area contributed by atoms with Crippen molar-refractivity contribution in [2.75, 3.05) is 7.11 Å². The highest BCUT2D eigenvalue weighted by atomic mass is 19.4. The van der Waals surface area contributed by atoms with E-state index >= 15 is 0 Å². The molecule has 2 rings (SSSR count). The van der Waals surface area contributed by atoms with Crippen LogP contribution in [0.15, 0.2) is 36.7 Å². The molecule has 0 radical (unpaired) electrons. The first-order valence-electron chi connectivity index (χ1n) is 6.10. The zero-order chi connectivity index (χ0) is 16.2. The van der Waals surface area contributed by atoms with Crippen molar-refractivity contribution in [2.45, 2.75) is 12.8 Å². The summed E-state index contributed by atoms with van der Waals surface area (Å²) >= 11 is 0. The quantitative estimate of drug-likeness (QED) is 0.812. The van der Waals surface area contributed by atoms with Gasteiger partial charge < -0.3 is 9.47 Å². The molecule has 0 amide bonds. The van der Waals surface area contributed by atoms with Gasteiger partial charge in [-0.05, 0) is 18.2 Å². The van der Waals surface area contributed by atoms with Crippen molar-refractivity contribution in [2.24, 2.45) is 0 Å². The maximum atomic E-state index is 12.8. The number of carbonyl (C=O) groups excluding carboxylic acids is 1. The zero-order valence-corrected chi connectivity index (χ0v) is 11.4. The average Bonchev–Trinajstić information content (AvgIpc) is 2.52. The van der Waals surface area contributed by atoms with Gasteiger partial charge >= 0.3 is 12.1 Å². The van der Waals surface area contributed by atoms with Gasteiger partial charge in [0.05, 0.1) is 12.7 Å². The first kappa shape index (κ1) is 15.7. The number of carbonyl (C=O) groups is 1. The molecule has 0 unspecified atom stereocenters.